The Balaban J connectivity index is 1.95. The van der Waals surface area contributed by atoms with Gasteiger partial charge in [-0.25, -0.2) is 9.48 Å². The number of carbonyl (C=O) groups excluding carboxylic acids is 1. The molecule has 0 saturated carbocycles. The number of carboxylic acid groups (broad SMARTS) is 1. The molecule has 0 spiro atoms. The Morgan fingerprint density at radius 1 is 1.19 bits per heavy atom. The zero-order valence-corrected chi connectivity index (χ0v) is 14.4. The van der Waals surface area contributed by atoms with Crippen molar-refractivity contribution in [2.45, 2.75) is 13.3 Å². The van der Waals surface area contributed by atoms with Crippen LogP contribution in [0.3, 0.4) is 0 Å². The van der Waals surface area contributed by atoms with Gasteiger partial charge in [-0.2, -0.15) is 5.10 Å². The van der Waals surface area contributed by atoms with E-state index in [0.717, 1.165) is 16.9 Å². The topological polar surface area (TPSA) is 97.1 Å². The Morgan fingerprint density at radius 2 is 2.00 bits per heavy atom. The van der Waals surface area contributed by atoms with Crippen LogP contribution < -0.4 is 5.32 Å². The molecule has 132 valence electrons. The molecule has 0 aliphatic rings. The van der Waals surface area contributed by atoms with Gasteiger partial charge in [-0.15, -0.1) is 0 Å². The van der Waals surface area contributed by atoms with Gasteiger partial charge in [-0.3, -0.25) is 9.78 Å². The molecule has 2 N–H and O–H groups in total. The van der Waals surface area contributed by atoms with E-state index in [1.807, 2.05) is 13.0 Å². The second-order valence-electron chi connectivity index (χ2n) is 5.81. The molecule has 0 fully saturated rings. The van der Waals surface area contributed by atoms with Crippen LogP contribution >= 0.6 is 0 Å². The zero-order chi connectivity index (χ0) is 18.7. The van der Waals surface area contributed by atoms with Crippen molar-refractivity contribution in [1.29, 1.82) is 0 Å². The molecule has 0 radical (unpaired) electrons. The second kappa shape index (κ2) is 7.18. The van der Waals surface area contributed by atoms with E-state index in [4.69, 9.17) is 0 Å². The molecule has 1 aromatic carbocycles. The minimum atomic E-state index is -0.981. The number of hydrogen-bond acceptors (Lipinski definition) is 4. The molecule has 2 heterocycles. The van der Waals surface area contributed by atoms with Gasteiger partial charge in [-0.1, -0.05) is 6.07 Å². The van der Waals surface area contributed by atoms with Crippen LogP contribution in [-0.4, -0.2) is 38.8 Å². The van der Waals surface area contributed by atoms with Crippen molar-refractivity contribution >= 4 is 11.9 Å². The summed E-state index contributed by atoms with van der Waals surface area (Å²) < 4.78 is 1.73. The summed E-state index contributed by atoms with van der Waals surface area (Å²) in [5.41, 5.74) is 3.93. The molecule has 3 aromatic rings. The van der Waals surface area contributed by atoms with E-state index in [0.29, 0.717) is 17.5 Å². The molecule has 26 heavy (non-hydrogen) atoms. The molecule has 1 amide bonds. The van der Waals surface area contributed by atoms with Crippen molar-refractivity contribution in [3.8, 4) is 5.69 Å². The quantitative estimate of drug-likeness (QED) is 0.735. The van der Waals surface area contributed by atoms with Crippen molar-refractivity contribution in [1.82, 2.24) is 20.1 Å². The number of benzene rings is 1. The van der Waals surface area contributed by atoms with Crippen molar-refractivity contribution in [2.24, 2.45) is 0 Å². The third-order valence-electron chi connectivity index (χ3n) is 4.21. The summed E-state index contributed by atoms with van der Waals surface area (Å²) in [5.74, 6) is -1.15. The average molecular weight is 350 g/mol. The van der Waals surface area contributed by atoms with Crippen LogP contribution in [0.15, 0.2) is 48.9 Å². The Morgan fingerprint density at radius 3 is 2.73 bits per heavy atom. The van der Waals surface area contributed by atoms with Crippen LogP contribution in [0.4, 0.5) is 0 Å². The number of rotatable bonds is 5. The van der Waals surface area contributed by atoms with Crippen LogP contribution in [0, 0.1) is 6.92 Å². The number of aromatic nitrogens is 3. The fourth-order valence-corrected chi connectivity index (χ4v) is 2.78. The largest absolute Gasteiger partial charge is 0.478 e. The highest BCUT2D eigenvalue weighted by molar-refractivity contribution is 5.94. The summed E-state index contributed by atoms with van der Waals surface area (Å²) in [7, 11) is 1.58. The van der Waals surface area contributed by atoms with Gasteiger partial charge >= 0.3 is 5.97 Å². The number of pyridine rings is 1. The van der Waals surface area contributed by atoms with Gasteiger partial charge in [0.05, 0.1) is 17.4 Å². The lowest BCUT2D eigenvalue weighted by Gasteiger charge is -2.08. The average Bonchev–Trinajstić information content (AvgIpc) is 3.02. The standard InChI is InChI=1S/C19H18N4O3/c1-12-14(8-15-10-21-7-6-17(15)19(25)26)11-22-23(12)16-5-3-4-13(9-16)18(24)20-2/h3-7,9-11H,8H2,1-2H3,(H,20,24)(H,25,26). The number of aromatic carboxylic acids is 1. The van der Waals surface area contributed by atoms with Crippen molar-refractivity contribution in [3.05, 3.63) is 76.9 Å². The molecule has 7 heteroatoms. The first-order valence-corrected chi connectivity index (χ1v) is 8.03. The lowest BCUT2D eigenvalue weighted by atomic mass is 10.0. The van der Waals surface area contributed by atoms with E-state index in [1.54, 1.807) is 42.3 Å². The third-order valence-corrected chi connectivity index (χ3v) is 4.21. The highest BCUT2D eigenvalue weighted by Crippen LogP contribution is 2.20. The summed E-state index contributed by atoms with van der Waals surface area (Å²) in [4.78, 5) is 27.2. The van der Waals surface area contributed by atoms with Gasteiger partial charge in [0.1, 0.15) is 0 Å². The molecule has 2 aromatic heterocycles. The maximum absolute atomic E-state index is 11.8. The lowest BCUT2D eigenvalue weighted by molar-refractivity contribution is 0.0695. The zero-order valence-electron chi connectivity index (χ0n) is 14.4. The number of nitrogens with one attached hydrogen (secondary N) is 1. The summed E-state index contributed by atoms with van der Waals surface area (Å²) in [5, 5.41) is 16.3. The summed E-state index contributed by atoms with van der Waals surface area (Å²) in [6.45, 7) is 1.91. The number of nitrogens with zero attached hydrogens (tertiary/aromatic N) is 3. The first kappa shape index (κ1) is 17.3. The van der Waals surface area contributed by atoms with E-state index < -0.39 is 5.97 Å². The van der Waals surface area contributed by atoms with Crippen LogP contribution in [-0.2, 0) is 6.42 Å². The minimum absolute atomic E-state index is 0.168. The molecule has 0 saturated heterocycles. The molecular formula is C19H18N4O3. The molecule has 7 nitrogen and oxygen atoms in total. The molecule has 0 aliphatic carbocycles. The lowest BCUT2D eigenvalue weighted by Crippen LogP contribution is -2.18. The SMILES string of the molecule is CNC(=O)c1cccc(-n2ncc(Cc3cnccc3C(=O)O)c2C)c1. The number of carbonyl (C=O) groups is 2. The number of hydrogen-bond donors (Lipinski definition) is 2. The minimum Gasteiger partial charge on any atom is -0.478 e. The Kier molecular flexibility index (Phi) is 4.79. The molecule has 0 unspecified atom stereocenters. The van der Waals surface area contributed by atoms with Gasteiger partial charge in [0.25, 0.3) is 5.91 Å². The normalized spacial score (nSPS) is 10.5. The van der Waals surface area contributed by atoms with Gasteiger partial charge in [-0.05, 0) is 42.3 Å². The van der Waals surface area contributed by atoms with Gasteiger partial charge < -0.3 is 10.4 Å². The monoisotopic (exact) mass is 350 g/mol. The van der Waals surface area contributed by atoms with Crippen molar-refractivity contribution in [2.75, 3.05) is 7.05 Å². The molecule has 0 atom stereocenters. The summed E-state index contributed by atoms with van der Waals surface area (Å²) >= 11 is 0. The first-order valence-electron chi connectivity index (χ1n) is 8.03. The number of amides is 1. The van der Waals surface area contributed by atoms with Crippen molar-refractivity contribution in [3.63, 3.8) is 0 Å². The predicted molar refractivity (Wildman–Crippen MR) is 95.7 cm³/mol. The highest BCUT2D eigenvalue weighted by Gasteiger charge is 2.15. The molecule has 0 aliphatic heterocycles. The van der Waals surface area contributed by atoms with Gasteiger partial charge in [0.15, 0.2) is 0 Å². The smallest absolute Gasteiger partial charge is 0.336 e. The third kappa shape index (κ3) is 3.32. The Bertz CT molecular complexity index is 978. The van der Waals surface area contributed by atoms with Crippen LogP contribution in [0.25, 0.3) is 5.69 Å². The number of carboxylic acids is 1. The van der Waals surface area contributed by atoms with Gasteiger partial charge in [0, 0.05) is 37.1 Å². The second-order valence-corrected chi connectivity index (χ2v) is 5.81. The van der Waals surface area contributed by atoms with E-state index in [-0.39, 0.29) is 11.5 Å². The first-order chi connectivity index (χ1) is 12.5. The Hall–Kier alpha value is -3.48. The fraction of sp³-hybridized carbons (Fsp3) is 0.158. The summed E-state index contributed by atoms with van der Waals surface area (Å²) in [6, 6.07) is 8.64. The van der Waals surface area contributed by atoms with E-state index >= 15 is 0 Å². The fourth-order valence-electron chi connectivity index (χ4n) is 2.78. The van der Waals surface area contributed by atoms with Crippen LogP contribution in [0.5, 0.6) is 0 Å². The van der Waals surface area contributed by atoms with Crippen molar-refractivity contribution < 1.29 is 14.7 Å². The maximum atomic E-state index is 11.8. The predicted octanol–water partition coefficient (Wildman–Crippen LogP) is 2.22. The van der Waals surface area contributed by atoms with Crippen LogP contribution in [0.1, 0.15) is 37.5 Å². The Labute approximate surface area is 150 Å². The van der Waals surface area contributed by atoms with E-state index in [1.165, 1.54) is 12.3 Å². The van der Waals surface area contributed by atoms with Crippen LogP contribution in [0.2, 0.25) is 0 Å². The molecular weight excluding hydrogens is 332 g/mol. The molecule has 0 bridgehead atoms. The van der Waals surface area contributed by atoms with E-state index in [9.17, 15) is 14.7 Å². The highest BCUT2D eigenvalue weighted by atomic mass is 16.4. The molecule has 3 rings (SSSR count). The maximum Gasteiger partial charge on any atom is 0.336 e. The summed E-state index contributed by atoms with van der Waals surface area (Å²) in [6.07, 6.45) is 5.15. The van der Waals surface area contributed by atoms with Gasteiger partial charge in [0.2, 0.25) is 0 Å². The van der Waals surface area contributed by atoms with E-state index in [2.05, 4.69) is 15.4 Å².